The van der Waals surface area contributed by atoms with Crippen molar-refractivity contribution >= 4 is 43.9 Å². The normalized spacial score (nSPS) is 11.5. The lowest BCUT2D eigenvalue weighted by atomic mass is 10.1. The van der Waals surface area contributed by atoms with Crippen molar-refractivity contribution in [3.05, 3.63) is 63.4 Å². The number of thiophene rings is 2. The molecule has 0 bridgehead atoms. The second kappa shape index (κ2) is 5.35. The van der Waals surface area contributed by atoms with Crippen LogP contribution in [0.5, 0.6) is 0 Å². The van der Waals surface area contributed by atoms with Gasteiger partial charge in [-0.05, 0) is 42.0 Å². The van der Waals surface area contributed by atoms with Crippen molar-refractivity contribution in [2.45, 2.75) is 13.8 Å². The van der Waals surface area contributed by atoms with E-state index in [1.807, 2.05) is 43.3 Å². The van der Waals surface area contributed by atoms with Crippen molar-refractivity contribution < 1.29 is 4.79 Å². The average molecular weight is 298 g/mol. The van der Waals surface area contributed by atoms with Crippen molar-refractivity contribution in [3.8, 4) is 0 Å². The SMILES string of the molecule is Cc1csc2sc(C(=O)/C=C\c3ccccc3)c(C)c12. The average Bonchev–Trinajstić information content (AvgIpc) is 2.99. The Balaban J connectivity index is 1.93. The predicted molar refractivity (Wildman–Crippen MR) is 89.0 cm³/mol. The van der Waals surface area contributed by atoms with Crippen LogP contribution in [0.2, 0.25) is 0 Å². The summed E-state index contributed by atoms with van der Waals surface area (Å²) in [4.78, 5) is 13.2. The van der Waals surface area contributed by atoms with E-state index in [4.69, 9.17) is 0 Å². The zero-order valence-electron chi connectivity index (χ0n) is 11.3. The van der Waals surface area contributed by atoms with Crippen LogP contribution in [0.4, 0.5) is 0 Å². The molecule has 0 fully saturated rings. The van der Waals surface area contributed by atoms with Crippen molar-refractivity contribution in [2.75, 3.05) is 0 Å². The summed E-state index contributed by atoms with van der Waals surface area (Å²) >= 11 is 3.33. The molecular weight excluding hydrogens is 284 g/mol. The van der Waals surface area contributed by atoms with Crippen LogP contribution in [0.1, 0.15) is 26.4 Å². The molecule has 1 nitrogen and oxygen atoms in total. The van der Waals surface area contributed by atoms with Gasteiger partial charge in [-0.25, -0.2) is 0 Å². The van der Waals surface area contributed by atoms with E-state index < -0.39 is 0 Å². The van der Waals surface area contributed by atoms with Gasteiger partial charge in [0.1, 0.15) is 0 Å². The predicted octanol–water partition coefficient (Wildman–Crippen LogP) is 5.48. The van der Waals surface area contributed by atoms with E-state index in [0.29, 0.717) is 0 Å². The Morgan fingerprint density at radius 2 is 1.90 bits per heavy atom. The molecule has 0 saturated heterocycles. The molecule has 100 valence electrons. The number of fused-ring (bicyclic) bond motifs is 1. The molecule has 3 aromatic rings. The standard InChI is InChI=1S/C17H14OS2/c1-11-10-19-17-15(11)12(2)16(20-17)14(18)9-8-13-6-4-3-5-7-13/h3-10H,1-2H3/b9-8-. The first kappa shape index (κ1) is 13.3. The first-order valence-corrected chi connectivity index (χ1v) is 8.11. The van der Waals surface area contributed by atoms with Gasteiger partial charge in [-0.1, -0.05) is 36.4 Å². The Kier molecular flexibility index (Phi) is 3.55. The molecule has 0 radical (unpaired) electrons. The second-order valence-corrected chi connectivity index (χ2v) is 6.90. The van der Waals surface area contributed by atoms with Gasteiger partial charge in [0.05, 0.1) is 8.89 Å². The van der Waals surface area contributed by atoms with Crippen LogP contribution in [-0.4, -0.2) is 5.78 Å². The van der Waals surface area contributed by atoms with Crippen LogP contribution < -0.4 is 0 Å². The van der Waals surface area contributed by atoms with Gasteiger partial charge in [-0.2, -0.15) is 0 Å². The summed E-state index contributed by atoms with van der Waals surface area (Å²) in [6.07, 6.45) is 3.55. The van der Waals surface area contributed by atoms with E-state index in [-0.39, 0.29) is 5.78 Å². The van der Waals surface area contributed by atoms with Gasteiger partial charge >= 0.3 is 0 Å². The van der Waals surface area contributed by atoms with Crippen LogP contribution in [0, 0.1) is 13.8 Å². The maximum Gasteiger partial charge on any atom is 0.196 e. The van der Waals surface area contributed by atoms with E-state index in [1.165, 1.54) is 15.0 Å². The van der Waals surface area contributed by atoms with Gasteiger partial charge in [-0.15, -0.1) is 22.7 Å². The fourth-order valence-corrected chi connectivity index (χ4v) is 4.72. The second-order valence-electron chi connectivity index (χ2n) is 4.75. The Morgan fingerprint density at radius 1 is 1.15 bits per heavy atom. The maximum absolute atomic E-state index is 12.3. The zero-order valence-corrected chi connectivity index (χ0v) is 13.0. The third-order valence-electron chi connectivity index (χ3n) is 3.30. The van der Waals surface area contributed by atoms with Crippen LogP contribution in [0.3, 0.4) is 0 Å². The molecule has 3 rings (SSSR count). The molecule has 2 heterocycles. The van der Waals surface area contributed by atoms with Crippen molar-refractivity contribution in [3.63, 3.8) is 0 Å². The molecule has 0 aliphatic rings. The van der Waals surface area contributed by atoms with Crippen molar-refractivity contribution in [2.24, 2.45) is 0 Å². The van der Waals surface area contributed by atoms with E-state index in [0.717, 1.165) is 16.0 Å². The number of carbonyl (C=O) groups excluding carboxylic acids is 1. The Morgan fingerprint density at radius 3 is 2.60 bits per heavy atom. The lowest BCUT2D eigenvalue weighted by molar-refractivity contribution is 0.105. The van der Waals surface area contributed by atoms with Crippen LogP contribution in [0.15, 0.2) is 41.8 Å². The molecule has 0 unspecified atom stereocenters. The van der Waals surface area contributed by atoms with E-state index in [9.17, 15) is 4.79 Å². The van der Waals surface area contributed by atoms with Gasteiger partial charge in [-0.3, -0.25) is 4.79 Å². The van der Waals surface area contributed by atoms with Gasteiger partial charge < -0.3 is 0 Å². The number of aryl methyl sites for hydroxylation is 2. The van der Waals surface area contributed by atoms with E-state index >= 15 is 0 Å². The lowest BCUT2D eigenvalue weighted by Crippen LogP contribution is -1.92. The summed E-state index contributed by atoms with van der Waals surface area (Å²) in [5.41, 5.74) is 3.43. The molecule has 20 heavy (non-hydrogen) atoms. The number of rotatable bonds is 3. The number of benzene rings is 1. The molecule has 0 atom stereocenters. The first-order valence-electron chi connectivity index (χ1n) is 6.41. The quantitative estimate of drug-likeness (QED) is 0.462. The molecule has 0 aliphatic carbocycles. The van der Waals surface area contributed by atoms with E-state index in [2.05, 4.69) is 12.3 Å². The molecule has 0 saturated carbocycles. The minimum atomic E-state index is 0.0964. The molecule has 2 aromatic heterocycles. The largest absolute Gasteiger partial charge is 0.288 e. The summed E-state index contributed by atoms with van der Waals surface area (Å²) in [5, 5.41) is 3.42. The Bertz CT molecular complexity index is 791. The summed E-state index contributed by atoms with van der Waals surface area (Å²) in [7, 11) is 0. The minimum Gasteiger partial charge on any atom is -0.288 e. The molecular formula is C17H14OS2. The van der Waals surface area contributed by atoms with Gasteiger partial charge in [0.2, 0.25) is 0 Å². The summed E-state index contributed by atoms with van der Waals surface area (Å²) in [5.74, 6) is 0.0964. The highest BCUT2D eigenvalue weighted by Gasteiger charge is 2.15. The van der Waals surface area contributed by atoms with Crippen molar-refractivity contribution in [1.82, 2.24) is 0 Å². The van der Waals surface area contributed by atoms with Crippen LogP contribution >= 0.6 is 22.7 Å². The highest BCUT2D eigenvalue weighted by atomic mass is 32.2. The summed E-state index contributed by atoms with van der Waals surface area (Å²) in [6.45, 7) is 4.15. The Hall–Kier alpha value is -1.71. The van der Waals surface area contributed by atoms with Crippen molar-refractivity contribution in [1.29, 1.82) is 0 Å². The summed E-state index contributed by atoms with van der Waals surface area (Å²) in [6, 6.07) is 9.90. The summed E-state index contributed by atoms with van der Waals surface area (Å²) < 4.78 is 1.25. The van der Waals surface area contributed by atoms with Crippen LogP contribution in [0.25, 0.3) is 15.5 Å². The first-order chi connectivity index (χ1) is 9.66. The fourth-order valence-electron chi connectivity index (χ4n) is 2.27. The molecule has 0 N–H and O–H groups in total. The highest BCUT2D eigenvalue weighted by molar-refractivity contribution is 7.38. The lowest BCUT2D eigenvalue weighted by Gasteiger charge is -1.95. The third kappa shape index (κ3) is 2.35. The number of carbonyl (C=O) groups is 1. The van der Waals surface area contributed by atoms with Gasteiger partial charge in [0.25, 0.3) is 0 Å². The van der Waals surface area contributed by atoms with E-state index in [1.54, 1.807) is 28.7 Å². The Labute approximate surface area is 126 Å². The smallest absolute Gasteiger partial charge is 0.196 e. The molecule has 1 aromatic carbocycles. The fraction of sp³-hybridized carbons (Fsp3) is 0.118. The topological polar surface area (TPSA) is 17.1 Å². The minimum absolute atomic E-state index is 0.0964. The maximum atomic E-state index is 12.3. The van der Waals surface area contributed by atoms with Gasteiger partial charge in [0.15, 0.2) is 5.78 Å². The number of ketones is 1. The zero-order chi connectivity index (χ0) is 14.1. The third-order valence-corrected chi connectivity index (χ3v) is 5.83. The molecule has 3 heteroatoms. The number of hydrogen-bond donors (Lipinski definition) is 0. The number of hydrogen-bond acceptors (Lipinski definition) is 3. The van der Waals surface area contributed by atoms with Crippen LogP contribution in [-0.2, 0) is 0 Å². The number of allylic oxidation sites excluding steroid dienone is 1. The molecule has 0 spiro atoms. The highest BCUT2D eigenvalue weighted by Crippen LogP contribution is 2.37. The molecule has 0 aliphatic heterocycles. The van der Waals surface area contributed by atoms with Gasteiger partial charge in [0, 0.05) is 5.39 Å². The molecule has 0 amide bonds. The monoisotopic (exact) mass is 298 g/mol.